The van der Waals surface area contributed by atoms with Gasteiger partial charge in [0, 0.05) is 23.9 Å². The van der Waals surface area contributed by atoms with Crippen LogP contribution in [0.3, 0.4) is 0 Å². The average Bonchev–Trinajstić information content (AvgIpc) is 2.94. The van der Waals surface area contributed by atoms with Gasteiger partial charge in [0.1, 0.15) is 0 Å². The number of hydrogen-bond donors (Lipinski definition) is 1. The summed E-state index contributed by atoms with van der Waals surface area (Å²) >= 11 is 0. The number of aromatic nitrogens is 1. The molecule has 1 N–H and O–H groups in total. The van der Waals surface area contributed by atoms with E-state index in [-0.39, 0.29) is 6.29 Å². The second kappa shape index (κ2) is 7.31. The summed E-state index contributed by atoms with van der Waals surface area (Å²) in [5, 5.41) is 1.21. The van der Waals surface area contributed by atoms with E-state index in [9.17, 15) is 0 Å². The normalized spacial score (nSPS) is 18.4. The average molecular weight is 283 g/mol. The third-order valence-corrected chi connectivity index (χ3v) is 3.64. The van der Waals surface area contributed by atoms with Crippen molar-refractivity contribution in [1.29, 1.82) is 0 Å². The molecule has 1 aromatic carbocycles. The van der Waals surface area contributed by atoms with Crippen molar-refractivity contribution in [1.82, 2.24) is 4.98 Å². The second-order valence-electron chi connectivity index (χ2n) is 5.34. The number of rotatable bonds is 4. The van der Waals surface area contributed by atoms with Crippen molar-refractivity contribution in [2.24, 2.45) is 0 Å². The number of nitrogens with one attached hydrogen (secondary N) is 1. The Morgan fingerprint density at radius 2 is 2.24 bits per heavy atom. The Morgan fingerprint density at radius 1 is 1.29 bits per heavy atom. The molecule has 1 aromatic heterocycles. The third kappa shape index (κ3) is 4.10. The van der Waals surface area contributed by atoms with Crippen molar-refractivity contribution in [3.63, 3.8) is 0 Å². The first kappa shape index (κ1) is 14.2. The number of fused-ring (bicyclic) bond motifs is 1. The molecule has 1 aliphatic heterocycles. The van der Waals surface area contributed by atoms with Crippen LogP contribution in [0.15, 0.2) is 30.3 Å². The first-order valence-corrected chi connectivity index (χ1v) is 7.72. The van der Waals surface area contributed by atoms with E-state index in [1.165, 1.54) is 11.8 Å². The van der Waals surface area contributed by atoms with Crippen LogP contribution in [0, 0.1) is 11.8 Å². The molecule has 2 aromatic rings. The molecule has 3 heteroatoms. The van der Waals surface area contributed by atoms with Crippen molar-refractivity contribution >= 4 is 10.9 Å². The van der Waals surface area contributed by atoms with Gasteiger partial charge in [0.25, 0.3) is 0 Å². The highest BCUT2D eigenvalue weighted by Crippen LogP contribution is 2.14. The quantitative estimate of drug-likeness (QED) is 0.683. The number of benzene rings is 1. The molecule has 3 nitrogen and oxygen atoms in total. The van der Waals surface area contributed by atoms with Crippen molar-refractivity contribution in [2.45, 2.75) is 38.4 Å². The molecular weight excluding hydrogens is 262 g/mol. The van der Waals surface area contributed by atoms with Gasteiger partial charge in [-0.05, 0) is 43.7 Å². The number of ether oxygens (including phenoxy) is 2. The lowest BCUT2D eigenvalue weighted by Gasteiger charge is -2.22. The summed E-state index contributed by atoms with van der Waals surface area (Å²) in [4.78, 5) is 3.31. The van der Waals surface area contributed by atoms with Gasteiger partial charge in [-0.3, -0.25) is 0 Å². The molecule has 1 aliphatic rings. The fourth-order valence-electron chi connectivity index (χ4n) is 2.52. The van der Waals surface area contributed by atoms with Gasteiger partial charge in [-0.15, -0.1) is 0 Å². The van der Waals surface area contributed by atoms with Crippen LogP contribution >= 0.6 is 0 Å². The smallest absolute Gasteiger partial charge is 0.157 e. The molecule has 0 spiro atoms. The molecule has 1 unspecified atom stereocenters. The molecule has 1 atom stereocenters. The Labute approximate surface area is 125 Å². The lowest BCUT2D eigenvalue weighted by molar-refractivity contribution is -0.162. The lowest BCUT2D eigenvalue weighted by atomic mass is 10.2. The molecule has 110 valence electrons. The second-order valence-corrected chi connectivity index (χ2v) is 5.34. The van der Waals surface area contributed by atoms with E-state index in [4.69, 9.17) is 9.47 Å². The molecule has 0 amide bonds. The highest BCUT2D eigenvalue weighted by molar-refractivity contribution is 5.81. The number of hydrogen-bond acceptors (Lipinski definition) is 2. The van der Waals surface area contributed by atoms with Gasteiger partial charge in [-0.1, -0.05) is 24.1 Å². The highest BCUT2D eigenvalue weighted by Gasteiger charge is 2.12. The molecule has 0 radical (unpaired) electrons. The summed E-state index contributed by atoms with van der Waals surface area (Å²) in [5.74, 6) is 6.38. The van der Waals surface area contributed by atoms with Gasteiger partial charge < -0.3 is 14.5 Å². The molecular formula is C18H21NO2. The van der Waals surface area contributed by atoms with E-state index in [1.54, 1.807) is 0 Å². The van der Waals surface area contributed by atoms with Crippen molar-refractivity contribution in [3.8, 4) is 11.8 Å². The number of aromatic amines is 1. The number of H-pyrrole nitrogens is 1. The molecule has 2 heterocycles. The zero-order valence-corrected chi connectivity index (χ0v) is 12.2. The van der Waals surface area contributed by atoms with Gasteiger partial charge in [0.2, 0.25) is 0 Å². The van der Waals surface area contributed by atoms with Crippen LogP contribution in [0.1, 0.15) is 37.8 Å². The first-order chi connectivity index (χ1) is 10.4. The monoisotopic (exact) mass is 283 g/mol. The van der Waals surface area contributed by atoms with Crippen molar-refractivity contribution < 1.29 is 9.47 Å². The molecule has 0 saturated carbocycles. The van der Waals surface area contributed by atoms with E-state index in [2.05, 4.69) is 35.0 Å². The Kier molecular flexibility index (Phi) is 4.94. The van der Waals surface area contributed by atoms with Gasteiger partial charge in [-0.2, -0.15) is 0 Å². The molecule has 1 fully saturated rings. The van der Waals surface area contributed by atoms with Gasteiger partial charge in [0.05, 0.1) is 12.3 Å². The zero-order chi connectivity index (χ0) is 14.3. The van der Waals surface area contributed by atoms with Crippen LogP contribution in [0.4, 0.5) is 0 Å². The number of unbranched alkanes of at least 4 members (excludes halogenated alkanes) is 1. The maximum atomic E-state index is 5.69. The predicted octanol–water partition coefficient (Wildman–Crippen LogP) is 3.84. The Morgan fingerprint density at radius 3 is 3.10 bits per heavy atom. The standard InChI is InChI=1S/C18H21NO2/c1(6-12-20-18-11-5-7-13-21-18)2-9-16-14-15-8-3-4-10-17(15)19-16/h3-4,8,10,14,18-19H,1,5-7,11-13H2. The molecule has 1 saturated heterocycles. The molecule has 0 aliphatic carbocycles. The van der Waals surface area contributed by atoms with Crippen LogP contribution in [0.25, 0.3) is 10.9 Å². The van der Waals surface area contributed by atoms with E-state index < -0.39 is 0 Å². The Hall–Kier alpha value is -1.76. The summed E-state index contributed by atoms with van der Waals surface area (Å²) in [6.07, 6.45) is 5.22. The van der Waals surface area contributed by atoms with E-state index in [0.29, 0.717) is 0 Å². The third-order valence-electron chi connectivity index (χ3n) is 3.64. The molecule has 0 bridgehead atoms. The Bertz CT molecular complexity index is 596. The minimum absolute atomic E-state index is 0.0143. The van der Waals surface area contributed by atoms with Gasteiger partial charge >= 0.3 is 0 Å². The lowest BCUT2D eigenvalue weighted by Crippen LogP contribution is -2.22. The van der Waals surface area contributed by atoms with Crippen LogP contribution in [0.2, 0.25) is 0 Å². The maximum absolute atomic E-state index is 5.69. The Balaban J connectivity index is 1.41. The fraction of sp³-hybridized carbons (Fsp3) is 0.444. The van der Waals surface area contributed by atoms with Gasteiger partial charge in [0.15, 0.2) is 6.29 Å². The van der Waals surface area contributed by atoms with Gasteiger partial charge in [-0.25, -0.2) is 0 Å². The fourth-order valence-corrected chi connectivity index (χ4v) is 2.52. The number of para-hydroxylation sites is 1. The largest absolute Gasteiger partial charge is 0.353 e. The van der Waals surface area contributed by atoms with Crippen LogP contribution in [-0.2, 0) is 9.47 Å². The van der Waals surface area contributed by atoms with E-state index >= 15 is 0 Å². The first-order valence-electron chi connectivity index (χ1n) is 7.72. The predicted molar refractivity (Wildman–Crippen MR) is 84.0 cm³/mol. The van der Waals surface area contributed by atoms with E-state index in [1.807, 2.05) is 12.1 Å². The summed E-state index contributed by atoms with van der Waals surface area (Å²) in [5.41, 5.74) is 2.12. The summed E-state index contributed by atoms with van der Waals surface area (Å²) < 4.78 is 11.2. The minimum Gasteiger partial charge on any atom is -0.353 e. The summed E-state index contributed by atoms with van der Waals surface area (Å²) in [6.45, 7) is 1.57. The maximum Gasteiger partial charge on any atom is 0.157 e. The van der Waals surface area contributed by atoms with Crippen LogP contribution < -0.4 is 0 Å². The van der Waals surface area contributed by atoms with Crippen LogP contribution in [-0.4, -0.2) is 24.5 Å². The van der Waals surface area contributed by atoms with Crippen molar-refractivity contribution in [2.75, 3.05) is 13.2 Å². The zero-order valence-electron chi connectivity index (χ0n) is 12.2. The summed E-state index contributed by atoms with van der Waals surface area (Å²) in [7, 11) is 0. The minimum atomic E-state index is 0.0143. The van der Waals surface area contributed by atoms with Crippen molar-refractivity contribution in [3.05, 3.63) is 36.0 Å². The topological polar surface area (TPSA) is 34.2 Å². The highest BCUT2D eigenvalue weighted by atomic mass is 16.7. The van der Waals surface area contributed by atoms with Crippen LogP contribution in [0.5, 0.6) is 0 Å². The van der Waals surface area contributed by atoms with E-state index in [0.717, 1.165) is 50.1 Å². The molecule has 21 heavy (non-hydrogen) atoms. The molecule has 3 rings (SSSR count). The SMILES string of the molecule is C(#Cc1cc2ccccc2[nH]1)CCCOC1CCCCO1. The summed E-state index contributed by atoms with van der Waals surface area (Å²) in [6, 6.07) is 10.3.